The van der Waals surface area contributed by atoms with Crippen molar-refractivity contribution >= 4 is 5.69 Å². The van der Waals surface area contributed by atoms with Crippen LogP contribution in [0.1, 0.15) is 24.0 Å². The van der Waals surface area contributed by atoms with Crippen LogP contribution in [0, 0.1) is 5.82 Å². The zero-order chi connectivity index (χ0) is 13.9. The van der Waals surface area contributed by atoms with E-state index >= 15 is 0 Å². The van der Waals surface area contributed by atoms with Gasteiger partial charge in [-0.3, -0.25) is 0 Å². The van der Waals surface area contributed by atoms with Crippen LogP contribution in [-0.2, 0) is 13.1 Å². The second kappa shape index (κ2) is 5.67. The number of hydrogen-bond acceptors (Lipinski definition) is 3. The van der Waals surface area contributed by atoms with Crippen molar-refractivity contribution in [1.29, 1.82) is 0 Å². The van der Waals surface area contributed by atoms with Crippen LogP contribution in [0.4, 0.5) is 10.1 Å². The first-order chi connectivity index (χ1) is 9.74. The zero-order valence-electron chi connectivity index (χ0n) is 11.6. The third-order valence-electron chi connectivity index (χ3n) is 3.65. The summed E-state index contributed by atoms with van der Waals surface area (Å²) in [6.45, 7) is 1.29. The molecule has 20 heavy (non-hydrogen) atoms. The van der Waals surface area contributed by atoms with Crippen molar-refractivity contribution in [3.05, 3.63) is 53.7 Å². The molecule has 0 amide bonds. The topological polar surface area (TPSA) is 28.4 Å². The highest BCUT2D eigenvalue weighted by atomic mass is 19.1. The van der Waals surface area contributed by atoms with Crippen LogP contribution in [0.2, 0.25) is 0 Å². The summed E-state index contributed by atoms with van der Waals surface area (Å²) < 4.78 is 19.2. The van der Waals surface area contributed by atoms with E-state index in [1.54, 1.807) is 18.6 Å². The number of rotatable bonds is 6. The van der Waals surface area contributed by atoms with Crippen LogP contribution in [0.15, 0.2) is 41.2 Å². The maximum Gasteiger partial charge on any atom is 0.129 e. The van der Waals surface area contributed by atoms with Gasteiger partial charge < -0.3 is 14.6 Å². The molecule has 1 aliphatic carbocycles. The second-order valence-electron chi connectivity index (χ2n) is 5.38. The van der Waals surface area contributed by atoms with Gasteiger partial charge in [0.15, 0.2) is 0 Å². The van der Waals surface area contributed by atoms with Crippen LogP contribution >= 0.6 is 0 Å². The van der Waals surface area contributed by atoms with Crippen LogP contribution in [0.3, 0.4) is 0 Å². The fraction of sp³-hybridized carbons (Fsp3) is 0.375. The summed E-state index contributed by atoms with van der Waals surface area (Å²) in [6.07, 6.45) is 5.78. The van der Waals surface area contributed by atoms with Gasteiger partial charge in [0.2, 0.25) is 0 Å². The Morgan fingerprint density at radius 2 is 2.20 bits per heavy atom. The van der Waals surface area contributed by atoms with Crippen molar-refractivity contribution < 1.29 is 8.81 Å². The minimum absolute atomic E-state index is 0.144. The van der Waals surface area contributed by atoms with Crippen LogP contribution < -0.4 is 10.2 Å². The average Bonchev–Trinajstić information content (AvgIpc) is 3.13. The molecule has 0 radical (unpaired) electrons. The first-order valence-electron chi connectivity index (χ1n) is 6.97. The Morgan fingerprint density at radius 3 is 2.90 bits per heavy atom. The molecule has 0 spiro atoms. The molecule has 1 N–H and O–H groups in total. The minimum atomic E-state index is -0.144. The molecule has 0 aliphatic heterocycles. The molecule has 0 saturated heterocycles. The Kier molecular flexibility index (Phi) is 3.74. The summed E-state index contributed by atoms with van der Waals surface area (Å²) in [6, 6.07) is 7.75. The fourth-order valence-electron chi connectivity index (χ4n) is 2.36. The maximum atomic E-state index is 14.1. The van der Waals surface area contributed by atoms with Crippen LogP contribution in [-0.4, -0.2) is 13.1 Å². The van der Waals surface area contributed by atoms with E-state index in [2.05, 4.69) is 10.2 Å². The summed E-state index contributed by atoms with van der Waals surface area (Å²) in [7, 11) is 1.97. The molecule has 106 valence electrons. The largest absolute Gasteiger partial charge is 0.472 e. The summed E-state index contributed by atoms with van der Waals surface area (Å²) in [5.41, 5.74) is 2.75. The first-order valence-corrected chi connectivity index (χ1v) is 6.97. The Hall–Kier alpha value is -1.81. The van der Waals surface area contributed by atoms with Crippen molar-refractivity contribution in [2.24, 2.45) is 0 Å². The van der Waals surface area contributed by atoms with Crippen molar-refractivity contribution in [2.75, 3.05) is 11.9 Å². The quantitative estimate of drug-likeness (QED) is 0.876. The Labute approximate surface area is 118 Å². The standard InChI is InChI=1S/C16H19FN2O/c1-19(10-12-7-8-20-11-12)16-4-2-3-15(17)14(16)9-18-13-5-6-13/h2-4,7-8,11,13,18H,5-6,9-10H2,1H3. The highest BCUT2D eigenvalue weighted by Gasteiger charge is 2.22. The molecule has 0 atom stereocenters. The molecule has 1 aliphatic rings. The number of halogens is 1. The molecule has 0 bridgehead atoms. The van der Waals surface area contributed by atoms with E-state index in [0.717, 1.165) is 16.8 Å². The van der Waals surface area contributed by atoms with Gasteiger partial charge >= 0.3 is 0 Å². The Morgan fingerprint density at radius 1 is 1.35 bits per heavy atom. The van der Waals surface area contributed by atoms with Gasteiger partial charge in [0.05, 0.1) is 12.5 Å². The monoisotopic (exact) mass is 274 g/mol. The van der Waals surface area contributed by atoms with E-state index in [1.165, 1.54) is 18.9 Å². The summed E-state index contributed by atoms with van der Waals surface area (Å²) in [4.78, 5) is 2.05. The molecule has 1 fully saturated rings. The normalized spacial score (nSPS) is 14.5. The number of furan rings is 1. The fourth-order valence-corrected chi connectivity index (χ4v) is 2.36. The lowest BCUT2D eigenvalue weighted by molar-refractivity contribution is 0.563. The van der Waals surface area contributed by atoms with Gasteiger partial charge in [0.1, 0.15) is 5.82 Å². The Bertz CT molecular complexity index is 564. The van der Waals surface area contributed by atoms with Crippen molar-refractivity contribution in [3.63, 3.8) is 0 Å². The third-order valence-corrected chi connectivity index (χ3v) is 3.65. The lowest BCUT2D eigenvalue weighted by Gasteiger charge is -2.22. The molecule has 1 aromatic heterocycles. The van der Waals surface area contributed by atoms with E-state index in [0.29, 0.717) is 19.1 Å². The van der Waals surface area contributed by atoms with E-state index < -0.39 is 0 Å². The minimum Gasteiger partial charge on any atom is -0.472 e. The summed E-state index contributed by atoms with van der Waals surface area (Å²) >= 11 is 0. The molecule has 3 nitrogen and oxygen atoms in total. The van der Waals surface area contributed by atoms with Gasteiger partial charge in [-0.25, -0.2) is 4.39 Å². The molecule has 1 saturated carbocycles. The average molecular weight is 274 g/mol. The smallest absolute Gasteiger partial charge is 0.129 e. The molecular formula is C16H19FN2O. The van der Waals surface area contributed by atoms with Crippen molar-refractivity contribution in [2.45, 2.75) is 32.0 Å². The third kappa shape index (κ3) is 3.02. The molecule has 2 aromatic rings. The van der Waals surface area contributed by atoms with E-state index in [9.17, 15) is 4.39 Å². The van der Waals surface area contributed by atoms with Gasteiger partial charge in [-0.1, -0.05) is 6.07 Å². The highest BCUT2D eigenvalue weighted by molar-refractivity contribution is 5.54. The SMILES string of the molecule is CN(Cc1ccoc1)c1cccc(F)c1CNC1CC1. The number of benzene rings is 1. The highest BCUT2D eigenvalue weighted by Crippen LogP contribution is 2.26. The maximum absolute atomic E-state index is 14.1. The summed E-state index contributed by atoms with van der Waals surface area (Å²) in [5, 5.41) is 3.38. The number of nitrogens with one attached hydrogen (secondary N) is 1. The second-order valence-corrected chi connectivity index (χ2v) is 5.38. The molecule has 0 unspecified atom stereocenters. The van der Waals surface area contributed by atoms with Crippen molar-refractivity contribution in [3.8, 4) is 0 Å². The van der Waals surface area contributed by atoms with Gasteiger partial charge in [-0.05, 0) is 31.0 Å². The van der Waals surface area contributed by atoms with E-state index in [1.807, 2.05) is 19.2 Å². The summed E-state index contributed by atoms with van der Waals surface area (Å²) in [5.74, 6) is -0.144. The molecule has 3 rings (SSSR count). The van der Waals surface area contributed by atoms with Crippen molar-refractivity contribution in [1.82, 2.24) is 5.32 Å². The molecule has 4 heteroatoms. The van der Waals surface area contributed by atoms with Crippen LogP contribution in [0.25, 0.3) is 0 Å². The number of hydrogen-bond donors (Lipinski definition) is 1. The molecular weight excluding hydrogens is 255 g/mol. The molecule has 1 aromatic carbocycles. The zero-order valence-corrected chi connectivity index (χ0v) is 11.6. The lowest BCUT2D eigenvalue weighted by atomic mass is 10.1. The van der Waals surface area contributed by atoms with E-state index in [-0.39, 0.29) is 5.82 Å². The predicted octanol–water partition coefficient (Wildman–Crippen LogP) is 3.31. The van der Waals surface area contributed by atoms with Gasteiger partial charge in [0, 0.05) is 43.0 Å². The van der Waals surface area contributed by atoms with Gasteiger partial charge in [-0.2, -0.15) is 0 Å². The number of anilines is 1. The Balaban J connectivity index is 1.77. The lowest BCUT2D eigenvalue weighted by Crippen LogP contribution is -2.22. The van der Waals surface area contributed by atoms with Gasteiger partial charge in [-0.15, -0.1) is 0 Å². The number of nitrogens with zero attached hydrogens (tertiary/aromatic N) is 1. The van der Waals surface area contributed by atoms with Gasteiger partial charge in [0.25, 0.3) is 0 Å². The van der Waals surface area contributed by atoms with Crippen LogP contribution in [0.5, 0.6) is 0 Å². The predicted molar refractivity (Wildman–Crippen MR) is 77.1 cm³/mol. The first kappa shape index (κ1) is 13.2. The van der Waals surface area contributed by atoms with E-state index in [4.69, 9.17) is 4.42 Å². The molecule has 1 heterocycles.